The molecule has 23 heavy (non-hydrogen) atoms. The van der Waals surface area contributed by atoms with E-state index >= 15 is 0 Å². The molecule has 0 bridgehead atoms. The van der Waals surface area contributed by atoms with E-state index in [2.05, 4.69) is 31.1 Å². The Labute approximate surface area is 136 Å². The van der Waals surface area contributed by atoms with Crippen LogP contribution in [0, 0.1) is 6.07 Å². The van der Waals surface area contributed by atoms with Gasteiger partial charge < -0.3 is 9.32 Å². The molecule has 0 atom stereocenters. The number of oxazole rings is 1. The first kappa shape index (κ1) is 15.6. The SMILES string of the molecule is CN(C)CCCc1[c]cccc1Cn1c(=O)oc2ccccc21. The van der Waals surface area contributed by atoms with Gasteiger partial charge >= 0.3 is 5.76 Å². The van der Waals surface area contributed by atoms with Crippen LogP contribution in [-0.4, -0.2) is 30.1 Å². The molecule has 0 spiro atoms. The predicted molar refractivity (Wildman–Crippen MR) is 91.7 cm³/mol. The van der Waals surface area contributed by atoms with E-state index in [1.54, 1.807) is 4.57 Å². The van der Waals surface area contributed by atoms with E-state index in [1.165, 1.54) is 5.56 Å². The van der Waals surface area contributed by atoms with Gasteiger partial charge in [-0.25, -0.2) is 4.79 Å². The van der Waals surface area contributed by atoms with Crippen LogP contribution in [0.5, 0.6) is 0 Å². The average molecular weight is 309 g/mol. The maximum Gasteiger partial charge on any atom is 0.420 e. The highest BCUT2D eigenvalue weighted by Crippen LogP contribution is 2.16. The molecule has 0 amide bonds. The molecule has 1 aromatic heterocycles. The molecule has 2 aromatic carbocycles. The maximum absolute atomic E-state index is 12.1. The van der Waals surface area contributed by atoms with Crippen LogP contribution in [0.3, 0.4) is 0 Å². The van der Waals surface area contributed by atoms with Crippen molar-refractivity contribution in [3.05, 3.63) is 70.2 Å². The van der Waals surface area contributed by atoms with Crippen molar-refractivity contribution in [2.24, 2.45) is 0 Å². The number of hydrogen-bond acceptors (Lipinski definition) is 3. The molecule has 4 nitrogen and oxygen atoms in total. The van der Waals surface area contributed by atoms with Crippen LogP contribution in [-0.2, 0) is 13.0 Å². The lowest BCUT2D eigenvalue weighted by atomic mass is 10.0. The first-order valence-electron chi connectivity index (χ1n) is 7.86. The predicted octanol–water partition coefficient (Wildman–Crippen LogP) is 2.94. The molecule has 3 aromatic rings. The van der Waals surface area contributed by atoms with Crippen molar-refractivity contribution >= 4 is 11.1 Å². The van der Waals surface area contributed by atoms with Crippen LogP contribution in [0.15, 0.2) is 51.7 Å². The number of para-hydroxylation sites is 2. The molecule has 119 valence electrons. The molecule has 0 saturated heterocycles. The number of hydrogen-bond donors (Lipinski definition) is 0. The van der Waals surface area contributed by atoms with Gasteiger partial charge in [0, 0.05) is 0 Å². The van der Waals surface area contributed by atoms with Gasteiger partial charge in [0.05, 0.1) is 12.1 Å². The minimum absolute atomic E-state index is 0.311. The third-order valence-electron chi connectivity index (χ3n) is 3.97. The van der Waals surface area contributed by atoms with Crippen molar-refractivity contribution in [2.75, 3.05) is 20.6 Å². The fraction of sp³-hybridized carbons (Fsp3) is 0.316. The fourth-order valence-electron chi connectivity index (χ4n) is 2.79. The summed E-state index contributed by atoms with van der Waals surface area (Å²) in [6, 6.07) is 16.8. The summed E-state index contributed by atoms with van der Waals surface area (Å²) in [6.07, 6.45) is 2.03. The zero-order valence-electron chi connectivity index (χ0n) is 13.6. The van der Waals surface area contributed by atoms with Crippen molar-refractivity contribution < 1.29 is 4.42 Å². The Morgan fingerprint density at radius 2 is 2.00 bits per heavy atom. The summed E-state index contributed by atoms with van der Waals surface area (Å²) in [7, 11) is 4.15. The molecule has 1 heterocycles. The molecule has 0 unspecified atom stereocenters. The highest BCUT2D eigenvalue weighted by atomic mass is 16.4. The maximum atomic E-state index is 12.1. The second kappa shape index (κ2) is 6.84. The average Bonchev–Trinajstić information content (AvgIpc) is 2.85. The quantitative estimate of drug-likeness (QED) is 0.703. The summed E-state index contributed by atoms with van der Waals surface area (Å²) in [5.41, 5.74) is 3.76. The molecule has 0 saturated carbocycles. The number of benzene rings is 2. The van der Waals surface area contributed by atoms with Gasteiger partial charge in [-0.3, -0.25) is 4.57 Å². The molecule has 4 heteroatoms. The first-order chi connectivity index (χ1) is 11.1. The zero-order valence-corrected chi connectivity index (χ0v) is 13.6. The molecular formula is C19H21N2O2. The fourth-order valence-corrected chi connectivity index (χ4v) is 2.79. The Morgan fingerprint density at radius 3 is 2.83 bits per heavy atom. The van der Waals surface area contributed by atoms with Crippen LogP contribution in [0.1, 0.15) is 17.5 Å². The molecular weight excluding hydrogens is 288 g/mol. The number of rotatable bonds is 6. The topological polar surface area (TPSA) is 38.4 Å². The highest BCUT2D eigenvalue weighted by Gasteiger charge is 2.11. The first-order valence-corrected chi connectivity index (χ1v) is 7.86. The van der Waals surface area contributed by atoms with Crippen molar-refractivity contribution in [1.29, 1.82) is 0 Å². The van der Waals surface area contributed by atoms with Crippen LogP contribution in [0.2, 0.25) is 0 Å². The van der Waals surface area contributed by atoms with Crippen molar-refractivity contribution in [2.45, 2.75) is 19.4 Å². The van der Waals surface area contributed by atoms with Gasteiger partial charge in [0.25, 0.3) is 0 Å². The molecule has 0 aliphatic heterocycles. The Bertz CT molecular complexity index is 846. The second-order valence-electron chi connectivity index (χ2n) is 6.00. The minimum Gasteiger partial charge on any atom is -0.408 e. The highest BCUT2D eigenvalue weighted by molar-refractivity contribution is 5.72. The monoisotopic (exact) mass is 309 g/mol. The molecule has 0 aliphatic rings. The summed E-state index contributed by atoms with van der Waals surface area (Å²) in [4.78, 5) is 14.3. The standard InChI is InChI=1S/C19H21N2O2/c1-20(2)13-7-10-15-8-3-4-9-16(15)14-21-17-11-5-6-12-18(17)23-19(21)22/h3-6,9,11-12H,7,10,13-14H2,1-2H3. The van der Waals surface area contributed by atoms with Crippen LogP contribution in [0.4, 0.5) is 0 Å². The molecule has 3 rings (SSSR count). The third kappa shape index (κ3) is 3.54. The minimum atomic E-state index is -0.311. The lowest BCUT2D eigenvalue weighted by Gasteiger charge is -2.12. The van der Waals surface area contributed by atoms with E-state index in [1.807, 2.05) is 36.4 Å². The largest absolute Gasteiger partial charge is 0.420 e. The summed E-state index contributed by atoms with van der Waals surface area (Å²) in [5, 5.41) is 0. The number of aromatic nitrogens is 1. The molecule has 0 fully saturated rings. The number of fused-ring (bicyclic) bond motifs is 1. The Balaban J connectivity index is 1.87. The van der Waals surface area contributed by atoms with Crippen molar-refractivity contribution in [3.63, 3.8) is 0 Å². The molecule has 0 aliphatic carbocycles. The number of aryl methyl sites for hydroxylation is 1. The Morgan fingerprint density at radius 1 is 1.17 bits per heavy atom. The van der Waals surface area contributed by atoms with Crippen molar-refractivity contribution in [3.8, 4) is 0 Å². The van der Waals surface area contributed by atoms with Crippen LogP contribution < -0.4 is 5.76 Å². The smallest absolute Gasteiger partial charge is 0.408 e. The van der Waals surface area contributed by atoms with Gasteiger partial charge in [0.2, 0.25) is 0 Å². The summed E-state index contributed by atoms with van der Waals surface area (Å²) in [6.45, 7) is 1.56. The zero-order chi connectivity index (χ0) is 16.2. The van der Waals surface area contributed by atoms with Gasteiger partial charge in [0.1, 0.15) is 0 Å². The lowest BCUT2D eigenvalue weighted by Crippen LogP contribution is -2.17. The van der Waals surface area contributed by atoms with Gasteiger partial charge in [-0.05, 0) is 62.8 Å². The third-order valence-corrected chi connectivity index (χ3v) is 3.97. The molecule has 0 N–H and O–H groups in total. The Hall–Kier alpha value is -2.33. The normalized spacial score (nSPS) is 11.4. The van der Waals surface area contributed by atoms with E-state index in [4.69, 9.17) is 4.42 Å². The van der Waals surface area contributed by atoms with E-state index in [0.717, 1.165) is 30.5 Å². The van der Waals surface area contributed by atoms with Crippen molar-refractivity contribution in [1.82, 2.24) is 9.47 Å². The summed E-state index contributed by atoms with van der Waals surface area (Å²) < 4.78 is 7.00. The van der Waals surface area contributed by atoms with Crippen LogP contribution >= 0.6 is 0 Å². The van der Waals surface area contributed by atoms with E-state index in [-0.39, 0.29) is 5.76 Å². The second-order valence-corrected chi connectivity index (χ2v) is 6.00. The Kier molecular flexibility index (Phi) is 4.63. The van der Waals surface area contributed by atoms with E-state index < -0.39 is 0 Å². The van der Waals surface area contributed by atoms with Gasteiger partial charge in [-0.15, -0.1) is 0 Å². The van der Waals surface area contributed by atoms with E-state index in [0.29, 0.717) is 12.1 Å². The molecule has 1 radical (unpaired) electrons. The lowest BCUT2D eigenvalue weighted by molar-refractivity contribution is 0.400. The van der Waals surface area contributed by atoms with Gasteiger partial charge in [-0.1, -0.05) is 30.3 Å². The van der Waals surface area contributed by atoms with Gasteiger partial charge in [0.15, 0.2) is 5.58 Å². The van der Waals surface area contributed by atoms with Crippen LogP contribution in [0.25, 0.3) is 11.1 Å². The summed E-state index contributed by atoms with van der Waals surface area (Å²) in [5.74, 6) is -0.311. The van der Waals surface area contributed by atoms with E-state index in [9.17, 15) is 4.79 Å². The van der Waals surface area contributed by atoms with Gasteiger partial charge in [-0.2, -0.15) is 0 Å². The summed E-state index contributed by atoms with van der Waals surface area (Å²) >= 11 is 0. The number of nitrogens with zero attached hydrogens (tertiary/aromatic N) is 2.